The molecular weight excluding hydrogens is 304 g/mol. The van der Waals surface area contributed by atoms with E-state index in [0.29, 0.717) is 6.54 Å². The van der Waals surface area contributed by atoms with Gasteiger partial charge in [-0.25, -0.2) is 0 Å². The van der Waals surface area contributed by atoms with Crippen molar-refractivity contribution in [2.45, 2.75) is 50.6 Å². The molecule has 3 rings (SSSR count). The van der Waals surface area contributed by atoms with Gasteiger partial charge in [-0.05, 0) is 66.2 Å². The third-order valence-corrected chi connectivity index (χ3v) is 5.26. The lowest BCUT2D eigenvalue weighted by atomic mass is 9.95. The van der Waals surface area contributed by atoms with Crippen molar-refractivity contribution in [3.05, 3.63) is 22.6 Å². The van der Waals surface area contributed by atoms with Crippen molar-refractivity contribution in [2.24, 2.45) is 11.7 Å². The summed E-state index contributed by atoms with van der Waals surface area (Å²) in [6.07, 6.45) is 8.27. The van der Waals surface area contributed by atoms with Gasteiger partial charge in [0.2, 0.25) is 0 Å². The van der Waals surface area contributed by atoms with E-state index in [1.54, 1.807) is 0 Å². The molecular formula is C15H23BrN2O. The predicted octanol–water partition coefficient (Wildman–Crippen LogP) is 3.70. The molecule has 0 bridgehead atoms. The molecule has 0 amide bonds. The van der Waals surface area contributed by atoms with Crippen LogP contribution in [0.25, 0.3) is 0 Å². The van der Waals surface area contributed by atoms with Gasteiger partial charge in [0.25, 0.3) is 0 Å². The quantitative estimate of drug-likeness (QED) is 0.917. The minimum absolute atomic E-state index is 0.249. The summed E-state index contributed by atoms with van der Waals surface area (Å²) < 4.78 is 6.56. The van der Waals surface area contributed by atoms with Crippen LogP contribution in [0.2, 0.25) is 0 Å². The first-order valence-corrected chi connectivity index (χ1v) is 8.30. The Kier molecular flexibility index (Phi) is 4.30. The van der Waals surface area contributed by atoms with Crippen LogP contribution in [0.15, 0.2) is 21.2 Å². The Labute approximate surface area is 123 Å². The second-order valence-corrected chi connectivity index (χ2v) is 6.67. The molecule has 0 spiro atoms. The Bertz CT molecular complexity index is 414. The molecule has 2 aliphatic rings. The maximum Gasteiger partial charge on any atom is 0.169 e. The summed E-state index contributed by atoms with van der Waals surface area (Å²) in [5, 5.41) is 0. The fourth-order valence-corrected chi connectivity index (χ4v) is 4.29. The molecule has 1 aliphatic heterocycles. The topological polar surface area (TPSA) is 42.4 Å². The number of halogens is 1. The average Bonchev–Trinajstić information content (AvgIpc) is 3.10. The number of hydrogen-bond acceptors (Lipinski definition) is 3. The molecule has 3 nitrogen and oxygen atoms in total. The van der Waals surface area contributed by atoms with Gasteiger partial charge < -0.3 is 10.2 Å². The van der Waals surface area contributed by atoms with Crippen LogP contribution in [0, 0.1) is 5.92 Å². The van der Waals surface area contributed by atoms with Crippen molar-refractivity contribution in [2.75, 3.05) is 13.1 Å². The zero-order valence-electron chi connectivity index (χ0n) is 11.4. The Hall–Kier alpha value is -0.320. The fraction of sp³-hybridized carbons (Fsp3) is 0.733. The van der Waals surface area contributed by atoms with E-state index in [4.69, 9.17) is 10.2 Å². The van der Waals surface area contributed by atoms with Crippen molar-refractivity contribution < 1.29 is 4.42 Å². The molecule has 0 radical (unpaired) electrons. The summed E-state index contributed by atoms with van der Waals surface area (Å²) in [5.41, 5.74) is 6.04. The third-order valence-electron chi connectivity index (χ3n) is 4.83. The molecule has 1 saturated carbocycles. The number of likely N-dealkylation sites (tertiary alicyclic amines) is 1. The van der Waals surface area contributed by atoms with Crippen LogP contribution in [0.1, 0.15) is 50.3 Å². The van der Waals surface area contributed by atoms with Gasteiger partial charge in [0.15, 0.2) is 4.67 Å². The summed E-state index contributed by atoms with van der Waals surface area (Å²) in [5.74, 6) is 1.90. The fourth-order valence-electron chi connectivity index (χ4n) is 3.97. The van der Waals surface area contributed by atoms with E-state index in [-0.39, 0.29) is 6.04 Å². The standard InChI is InChI=1S/C15H23BrN2O/c16-15-8-7-14(19-15)13(10-17)18-9-3-6-12(18)11-4-1-2-5-11/h7-8,11-13H,1-6,9-10,17H2. The maximum absolute atomic E-state index is 6.04. The lowest BCUT2D eigenvalue weighted by molar-refractivity contribution is 0.123. The maximum atomic E-state index is 6.04. The number of hydrogen-bond donors (Lipinski definition) is 1. The van der Waals surface area contributed by atoms with Crippen molar-refractivity contribution in [3.63, 3.8) is 0 Å². The second-order valence-electron chi connectivity index (χ2n) is 5.89. The molecule has 1 aliphatic carbocycles. The minimum Gasteiger partial charge on any atom is -0.453 e. The van der Waals surface area contributed by atoms with E-state index in [1.165, 1.54) is 45.1 Å². The smallest absolute Gasteiger partial charge is 0.169 e. The zero-order valence-corrected chi connectivity index (χ0v) is 12.9. The van der Waals surface area contributed by atoms with Crippen LogP contribution >= 0.6 is 15.9 Å². The monoisotopic (exact) mass is 326 g/mol. The van der Waals surface area contributed by atoms with Crippen LogP contribution in [0.3, 0.4) is 0 Å². The van der Waals surface area contributed by atoms with Gasteiger partial charge in [-0.2, -0.15) is 0 Å². The van der Waals surface area contributed by atoms with Gasteiger partial charge in [-0.3, -0.25) is 4.90 Å². The van der Waals surface area contributed by atoms with E-state index in [2.05, 4.69) is 26.9 Å². The molecule has 2 fully saturated rings. The van der Waals surface area contributed by atoms with Crippen LogP contribution in [0.5, 0.6) is 0 Å². The Morgan fingerprint density at radius 2 is 2.05 bits per heavy atom. The molecule has 2 unspecified atom stereocenters. The summed E-state index contributed by atoms with van der Waals surface area (Å²) in [6.45, 7) is 1.81. The highest BCUT2D eigenvalue weighted by Crippen LogP contribution is 2.39. The largest absolute Gasteiger partial charge is 0.453 e. The highest BCUT2D eigenvalue weighted by atomic mass is 79.9. The first-order chi connectivity index (χ1) is 9.29. The van der Waals surface area contributed by atoms with Crippen LogP contribution in [0.4, 0.5) is 0 Å². The Morgan fingerprint density at radius 3 is 2.68 bits per heavy atom. The molecule has 2 atom stereocenters. The number of rotatable bonds is 4. The van der Waals surface area contributed by atoms with Crippen molar-refractivity contribution in [1.29, 1.82) is 0 Å². The molecule has 4 heteroatoms. The summed E-state index contributed by atoms with van der Waals surface area (Å²) in [6, 6.07) is 5.00. The SMILES string of the molecule is NCC(c1ccc(Br)o1)N1CCCC1C1CCCC1. The lowest BCUT2D eigenvalue weighted by Crippen LogP contribution is -2.40. The normalized spacial score (nSPS) is 27.2. The van der Waals surface area contributed by atoms with Gasteiger partial charge in [-0.15, -0.1) is 0 Å². The van der Waals surface area contributed by atoms with Gasteiger partial charge >= 0.3 is 0 Å². The molecule has 2 N–H and O–H groups in total. The van der Waals surface area contributed by atoms with Crippen molar-refractivity contribution >= 4 is 15.9 Å². The zero-order chi connectivity index (χ0) is 13.2. The van der Waals surface area contributed by atoms with Crippen LogP contribution in [-0.2, 0) is 0 Å². The Morgan fingerprint density at radius 1 is 1.26 bits per heavy atom. The van der Waals surface area contributed by atoms with E-state index in [1.807, 2.05) is 6.07 Å². The molecule has 2 heterocycles. The molecule has 19 heavy (non-hydrogen) atoms. The van der Waals surface area contributed by atoms with Gasteiger partial charge in [0.1, 0.15) is 5.76 Å². The molecule has 0 aromatic carbocycles. The predicted molar refractivity (Wildman–Crippen MR) is 79.9 cm³/mol. The van der Waals surface area contributed by atoms with Gasteiger partial charge in [0.05, 0.1) is 6.04 Å². The summed E-state index contributed by atoms with van der Waals surface area (Å²) in [4.78, 5) is 2.61. The summed E-state index contributed by atoms with van der Waals surface area (Å²) >= 11 is 3.39. The van der Waals surface area contributed by atoms with Crippen LogP contribution < -0.4 is 5.73 Å². The van der Waals surface area contributed by atoms with Gasteiger partial charge in [-0.1, -0.05) is 12.8 Å². The summed E-state index contributed by atoms with van der Waals surface area (Å²) in [7, 11) is 0. The first kappa shape index (κ1) is 13.7. The number of nitrogens with two attached hydrogens (primary N) is 1. The van der Waals surface area contributed by atoms with Gasteiger partial charge in [0, 0.05) is 12.6 Å². The highest BCUT2D eigenvalue weighted by Gasteiger charge is 2.37. The lowest BCUT2D eigenvalue weighted by Gasteiger charge is -2.34. The number of nitrogens with zero attached hydrogens (tertiary/aromatic N) is 1. The molecule has 1 saturated heterocycles. The molecule has 106 valence electrons. The highest BCUT2D eigenvalue weighted by molar-refractivity contribution is 9.10. The van der Waals surface area contributed by atoms with E-state index >= 15 is 0 Å². The Balaban J connectivity index is 1.77. The van der Waals surface area contributed by atoms with Crippen LogP contribution in [-0.4, -0.2) is 24.0 Å². The minimum atomic E-state index is 0.249. The van der Waals surface area contributed by atoms with Crippen molar-refractivity contribution in [1.82, 2.24) is 4.90 Å². The van der Waals surface area contributed by atoms with Crippen molar-refractivity contribution in [3.8, 4) is 0 Å². The third kappa shape index (κ3) is 2.76. The average molecular weight is 327 g/mol. The van der Waals surface area contributed by atoms with E-state index in [0.717, 1.165) is 22.4 Å². The molecule has 1 aromatic rings. The second kappa shape index (κ2) is 5.98. The first-order valence-electron chi connectivity index (χ1n) is 7.50. The van der Waals surface area contributed by atoms with E-state index in [9.17, 15) is 0 Å². The number of furan rings is 1. The van der Waals surface area contributed by atoms with E-state index < -0.39 is 0 Å². The molecule has 1 aromatic heterocycles.